The van der Waals surface area contributed by atoms with Crippen LogP contribution in [0.3, 0.4) is 0 Å². The number of halogens is 1. The molecule has 1 amide bonds. The van der Waals surface area contributed by atoms with E-state index in [1.807, 2.05) is 56.6 Å². The van der Waals surface area contributed by atoms with Gasteiger partial charge in [0.2, 0.25) is 0 Å². The molecule has 0 N–H and O–H groups in total. The maximum absolute atomic E-state index is 13.3. The second-order valence-corrected chi connectivity index (χ2v) is 8.97. The third-order valence-electron chi connectivity index (χ3n) is 4.56. The zero-order valence-electron chi connectivity index (χ0n) is 16.2. The summed E-state index contributed by atoms with van der Waals surface area (Å²) in [4.78, 5) is 21.9. The summed E-state index contributed by atoms with van der Waals surface area (Å²) in [7, 11) is 4.06. The van der Waals surface area contributed by atoms with Crippen molar-refractivity contribution in [3.05, 3.63) is 46.9 Å². The van der Waals surface area contributed by atoms with Crippen molar-refractivity contribution in [1.82, 2.24) is 24.9 Å². The largest absolute Gasteiger partial charge is 0.309 e. The first-order valence-corrected chi connectivity index (χ1v) is 10.9. The van der Waals surface area contributed by atoms with Crippen molar-refractivity contribution in [3.8, 4) is 0 Å². The van der Waals surface area contributed by atoms with Crippen LogP contribution in [-0.4, -0.2) is 58.0 Å². The van der Waals surface area contributed by atoms with E-state index < -0.39 is 0 Å². The maximum atomic E-state index is 13.3. The average molecular weight is 473 g/mol. The van der Waals surface area contributed by atoms with E-state index in [4.69, 9.17) is 4.98 Å². The summed E-state index contributed by atoms with van der Waals surface area (Å²) < 4.78 is 3.70. The molecular formula is C20H21BrN6OS. The van der Waals surface area contributed by atoms with E-state index in [9.17, 15) is 4.79 Å². The fraction of sp³-hybridized carbons (Fsp3) is 0.300. The number of hydrogen-bond donors (Lipinski definition) is 0. The summed E-state index contributed by atoms with van der Waals surface area (Å²) in [6.45, 7) is 1.62. The van der Waals surface area contributed by atoms with Crippen molar-refractivity contribution >= 4 is 59.6 Å². The van der Waals surface area contributed by atoms with Crippen LogP contribution < -0.4 is 4.90 Å². The summed E-state index contributed by atoms with van der Waals surface area (Å²) >= 11 is 5.03. The molecule has 9 heteroatoms. The Morgan fingerprint density at radius 2 is 1.97 bits per heavy atom. The van der Waals surface area contributed by atoms with Gasteiger partial charge in [0.25, 0.3) is 5.91 Å². The van der Waals surface area contributed by atoms with Crippen LogP contribution in [0, 0.1) is 0 Å². The second-order valence-electron chi connectivity index (χ2n) is 7.05. The lowest BCUT2D eigenvalue weighted by molar-refractivity contribution is -0.119. The lowest BCUT2D eigenvalue weighted by atomic mass is 10.3. The van der Waals surface area contributed by atoms with Crippen LogP contribution in [0.5, 0.6) is 0 Å². The number of anilines is 1. The molecule has 150 valence electrons. The highest BCUT2D eigenvalue weighted by atomic mass is 79.9. The quantitative estimate of drug-likeness (QED) is 0.409. The van der Waals surface area contributed by atoms with E-state index in [1.165, 1.54) is 11.3 Å². The second kappa shape index (κ2) is 8.56. The van der Waals surface area contributed by atoms with Gasteiger partial charge in [0.05, 0.1) is 15.7 Å². The number of amides is 1. The molecule has 0 bridgehead atoms. The van der Waals surface area contributed by atoms with Gasteiger partial charge in [-0.1, -0.05) is 44.6 Å². The molecule has 29 heavy (non-hydrogen) atoms. The van der Waals surface area contributed by atoms with Gasteiger partial charge in [-0.15, -0.1) is 5.10 Å². The van der Waals surface area contributed by atoms with Gasteiger partial charge >= 0.3 is 0 Å². The summed E-state index contributed by atoms with van der Waals surface area (Å²) in [5.41, 5.74) is 2.52. The van der Waals surface area contributed by atoms with Crippen LogP contribution in [0.15, 0.2) is 46.9 Å². The number of para-hydroxylation sites is 1. The zero-order chi connectivity index (χ0) is 20.4. The fourth-order valence-corrected chi connectivity index (χ4v) is 4.68. The Morgan fingerprint density at radius 3 is 2.79 bits per heavy atom. The van der Waals surface area contributed by atoms with E-state index >= 15 is 0 Å². The van der Waals surface area contributed by atoms with E-state index in [-0.39, 0.29) is 12.5 Å². The number of fused-ring (bicyclic) bond motifs is 2. The molecule has 0 unspecified atom stereocenters. The lowest BCUT2D eigenvalue weighted by Gasteiger charge is -2.21. The topological polar surface area (TPSA) is 67.2 Å². The van der Waals surface area contributed by atoms with E-state index in [2.05, 4.69) is 31.1 Å². The van der Waals surface area contributed by atoms with Crippen LogP contribution in [0.25, 0.3) is 21.3 Å². The Bertz CT molecular complexity index is 1150. The molecule has 0 aliphatic carbocycles. The number of carbonyl (C=O) groups excluding carboxylic acids is 1. The molecule has 0 aliphatic rings. The highest BCUT2D eigenvalue weighted by molar-refractivity contribution is 9.10. The number of rotatable bonds is 7. The average Bonchev–Trinajstić information content (AvgIpc) is 3.29. The summed E-state index contributed by atoms with van der Waals surface area (Å²) in [5.74, 6) is -0.0440. The molecule has 0 saturated heterocycles. The summed E-state index contributed by atoms with van der Waals surface area (Å²) in [6.07, 6.45) is 0.858. The Balaban J connectivity index is 1.62. The summed E-state index contributed by atoms with van der Waals surface area (Å²) in [6, 6.07) is 13.6. The van der Waals surface area contributed by atoms with Gasteiger partial charge in [-0.3, -0.25) is 9.69 Å². The molecule has 4 aromatic rings. The van der Waals surface area contributed by atoms with Gasteiger partial charge in [0, 0.05) is 11.0 Å². The first-order valence-electron chi connectivity index (χ1n) is 9.31. The third kappa shape index (κ3) is 4.47. The molecule has 0 atom stereocenters. The zero-order valence-corrected chi connectivity index (χ0v) is 18.7. The number of aromatic nitrogens is 4. The van der Waals surface area contributed by atoms with Crippen molar-refractivity contribution in [1.29, 1.82) is 0 Å². The molecule has 2 heterocycles. The Kier molecular flexibility index (Phi) is 5.89. The fourth-order valence-electron chi connectivity index (χ4n) is 3.12. The number of hydrogen-bond acceptors (Lipinski definition) is 6. The SMILES string of the molecule is CN(C)CCCN(C(=O)Cn1nnc2ccccc21)c1nc2ccc(Br)cc2s1. The number of nitrogens with zero attached hydrogens (tertiary/aromatic N) is 6. The minimum absolute atomic E-state index is 0.0440. The van der Waals surface area contributed by atoms with Crippen LogP contribution in [0.2, 0.25) is 0 Å². The van der Waals surface area contributed by atoms with E-state index in [1.54, 1.807) is 9.58 Å². The van der Waals surface area contributed by atoms with Crippen molar-refractivity contribution in [3.63, 3.8) is 0 Å². The first-order chi connectivity index (χ1) is 14.0. The Hall–Kier alpha value is -2.36. The van der Waals surface area contributed by atoms with E-state index in [0.29, 0.717) is 11.7 Å². The van der Waals surface area contributed by atoms with Gasteiger partial charge in [-0.25, -0.2) is 9.67 Å². The number of carbonyl (C=O) groups is 1. The lowest BCUT2D eigenvalue weighted by Crippen LogP contribution is -2.36. The Labute approximate surface area is 181 Å². The minimum atomic E-state index is -0.0440. The molecule has 0 fully saturated rings. The van der Waals surface area contributed by atoms with Gasteiger partial charge < -0.3 is 4.90 Å². The van der Waals surface area contributed by atoms with Crippen molar-refractivity contribution in [2.75, 3.05) is 32.1 Å². The van der Waals surface area contributed by atoms with Crippen LogP contribution in [0.4, 0.5) is 5.13 Å². The molecule has 2 aromatic heterocycles. The molecule has 7 nitrogen and oxygen atoms in total. The van der Waals surface area contributed by atoms with Crippen LogP contribution in [0.1, 0.15) is 6.42 Å². The van der Waals surface area contributed by atoms with Crippen molar-refractivity contribution in [2.45, 2.75) is 13.0 Å². The standard InChI is InChI=1S/C20H21BrN6OS/c1-25(2)10-5-11-26(20-22-16-9-8-14(21)12-18(16)29-20)19(28)13-27-17-7-4-3-6-15(17)23-24-27/h3-4,6-9,12H,5,10-11,13H2,1-2H3. The van der Waals surface area contributed by atoms with Gasteiger partial charge in [0.1, 0.15) is 12.1 Å². The number of thiazole rings is 1. The van der Waals surface area contributed by atoms with Crippen molar-refractivity contribution < 1.29 is 4.79 Å². The molecule has 0 radical (unpaired) electrons. The van der Waals surface area contributed by atoms with Crippen LogP contribution in [-0.2, 0) is 11.3 Å². The Morgan fingerprint density at radius 1 is 1.14 bits per heavy atom. The predicted octanol–water partition coefficient (Wildman–Crippen LogP) is 3.79. The number of benzene rings is 2. The molecule has 0 aliphatic heterocycles. The molecule has 0 spiro atoms. The van der Waals surface area contributed by atoms with Gasteiger partial charge in [0.15, 0.2) is 5.13 Å². The van der Waals surface area contributed by atoms with E-state index in [0.717, 1.165) is 38.7 Å². The first kappa shape index (κ1) is 19.9. The highest BCUT2D eigenvalue weighted by Gasteiger charge is 2.21. The van der Waals surface area contributed by atoms with Gasteiger partial charge in [-0.2, -0.15) is 0 Å². The van der Waals surface area contributed by atoms with Crippen molar-refractivity contribution in [2.24, 2.45) is 0 Å². The van der Waals surface area contributed by atoms with Gasteiger partial charge in [-0.05, 0) is 57.4 Å². The normalized spacial score (nSPS) is 11.6. The highest BCUT2D eigenvalue weighted by Crippen LogP contribution is 2.31. The predicted molar refractivity (Wildman–Crippen MR) is 120 cm³/mol. The molecular weight excluding hydrogens is 452 g/mol. The molecule has 2 aromatic carbocycles. The maximum Gasteiger partial charge on any atom is 0.250 e. The van der Waals surface area contributed by atoms with Crippen LogP contribution >= 0.6 is 27.3 Å². The monoisotopic (exact) mass is 472 g/mol. The molecule has 0 saturated carbocycles. The minimum Gasteiger partial charge on any atom is -0.309 e. The smallest absolute Gasteiger partial charge is 0.250 e. The third-order valence-corrected chi connectivity index (χ3v) is 6.10. The summed E-state index contributed by atoms with van der Waals surface area (Å²) in [5, 5.41) is 9.03. The molecule has 4 rings (SSSR count).